The number of H-pyrrole nitrogens is 1. The molecule has 180 valence electrons. The normalized spacial score (nSPS) is 14.9. The first kappa shape index (κ1) is 22.8. The van der Waals surface area contributed by atoms with E-state index in [0.717, 1.165) is 0 Å². The van der Waals surface area contributed by atoms with Crippen molar-refractivity contribution in [1.29, 1.82) is 0 Å². The Morgan fingerprint density at radius 2 is 2.03 bits per heavy atom. The molecule has 0 bridgehead atoms. The first-order chi connectivity index (χ1) is 17.0. The van der Waals surface area contributed by atoms with Crippen LogP contribution in [-0.4, -0.2) is 65.6 Å². The van der Waals surface area contributed by atoms with Crippen molar-refractivity contribution in [3.05, 3.63) is 66.4 Å². The first-order valence-electron chi connectivity index (χ1n) is 11.3. The van der Waals surface area contributed by atoms with Crippen LogP contribution >= 0.6 is 0 Å². The molecule has 0 spiro atoms. The van der Waals surface area contributed by atoms with Crippen molar-refractivity contribution in [3.8, 4) is 28.5 Å². The van der Waals surface area contributed by atoms with Gasteiger partial charge in [-0.25, -0.2) is 14.4 Å². The second kappa shape index (κ2) is 9.71. The van der Waals surface area contributed by atoms with Gasteiger partial charge in [0.05, 0.1) is 5.69 Å². The molecular weight excluding hydrogens is 451 g/mol. The van der Waals surface area contributed by atoms with E-state index in [-0.39, 0.29) is 24.4 Å². The highest BCUT2D eigenvalue weighted by molar-refractivity contribution is 5.91. The summed E-state index contributed by atoms with van der Waals surface area (Å²) in [4.78, 5) is 26.6. The van der Waals surface area contributed by atoms with Crippen LogP contribution in [0.15, 0.2) is 55.0 Å². The SMILES string of the molecule is CN(C)CCOc1cc(-c2ncnc3[nH]ccc23)c(F)cc1CC(=O)C1COc2ccccc2O1. The number of halogens is 1. The fraction of sp³-hybridized carbons (Fsp3) is 0.269. The number of rotatable bonds is 8. The zero-order chi connectivity index (χ0) is 24.4. The van der Waals surface area contributed by atoms with E-state index in [1.165, 1.54) is 12.4 Å². The van der Waals surface area contributed by atoms with E-state index in [1.54, 1.807) is 30.5 Å². The van der Waals surface area contributed by atoms with Crippen molar-refractivity contribution in [2.24, 2.45) is 0 Å². The monoisotopic (exact) mass is 476 g/mol. The van der Waals surface area contributed by atoms with Crippen LogP contribution in [0.5, 0.6) is 17.2 Å². The molecule has 0 fully saturated rings. The number of aromatic amines is 1. The number of hydrogen-bond acceptors (Lipinski definition) is 7. The molecule has 1 unspecified atom stereocenters. The van der Waals surface area contributed by atoms with Crippen molar-refractivity contribution in [3.63, 3.8) is 0 Å². The van der Waals surface area contributed by atoms with Crippen molar-refractivity contribution < 1.29 is 23.4 Å². The van der Waals surface area contributed by atoms with E-state index in [1.807, 2.05) is 31.1 Å². The number of likely N-dealkylation sites (N-methyl/N-ethyl adjacent to an activating group) is 1. The molecule has 2 aromatic carbocycles. The Bertz CT molecular complexity index is 1370. The van der Waals surface area contributed by atoms with Gasteiger partial charge in [0, 0.05) is 35.7 Å². The third-order valence-corrected chi connectivity index (χ3v) is 5.79. The number of aromatic nitrogens is 3. The lowest BCUT2D eigenvalue weighted by atomic mass is 9.99. The molecule has 2 aromatic heterocycles. The van der Waals surface area contributed by atoms with Gasteiger partial charge < -0.3 is 24.1 Å². The zero-order valence-electron chi connectivity index (χ0n) is 19.5. The lowest BCUT2D eigenvalue weighted by Crippen LogP contribution is -2.37. The van der Waals surface area contributed by atoms with E-state index in [2.05, 4.69) is 15.0 Å². The highest BCUT2D eigenvalue weighted by Gasteiger charge is 2.28. The van der Waals surface area contributed by atoms with Crippen LogP contribution in [0, 0.1) is 5.82 Å². The van der Waals surface area contributed by atoms with E-state index < -0.39 is 11.9 Å². The van der Waals surface area contributed by atoms with Crippen LogP contribution in [0.4, 0.5) is 4.39 Å². The lowest BCUT2D eigenvalue weighted by Gasteiger charge is -2.25. The van der Waals surface area contributed by atoms with E-state index in [0.29, 0.717) is 52.7 Å². The zero-order valence-corrected chi connectivity index (χ0v) is 19.5. The predicted octanol–water partition coefficient (Wildman–Crippen LogP) is 3.66. The van der Waals surface area contributed by atoms with Gasteiger partial charge in [0.25, 0.3) is 0 Å². The molecule has 1 N–H and O–H groups in total. The van der Waals surface area contributed by atoms with Crippen LogP contribution in [0.2, 0.25) is 0 Å². The predicted molar refractivity (Wildman–Crippen MR) is 128 cm³/mol. The molecule has 3 heterocycles. The second-order valence-electron chi connectivity index (χ2n) is 8.56. The van der Waals surface area contributed by atoms with Gasteiger partial charge in [-0.05, 0) is 44.4 Å². The Labute approximate surface area is 201 Å². The molecule has 4 aromatic rings. The summed E-state index contributed by atoms with van der Waals surface area (Å²) in [5, 5.41) is 0.695. The van der Waals surface area contributed by atoms with E-state index >= 15 is 4.39 Å². The number of carbonyl (C=O) groups is 1. The molecule has 8 nitrogen and oxygen atoms in total. The van der Waals surface area contributed by atoms with E-state index in [9.17, 15) is 4.79 Å². The van der Waals surface area contributed by atoms with Crippen molar-refractivity contribution >= 4 is 16.8 Å². The summed E-state index contributed by atoms with van der Waals surface area (Å²) in [6.07, 6.45) is 2.26. The number of ether oxygens (including phenoxy) is 3. The number of fused-ring (bicyclic) bond motifs is 2. The topological polar surface area (TPSA) is 89.6 Å². The Morgan fingerprint density at radius 3 is 2.86 bits per heavy atom. The van der Waals surface area contributed by atoms with Crippen molar-refractivity contribution in [2.75, 3.05) is 33.9 Å². The molecule has 0 saturated carbocycles. The molecule has 35 heavy (non-hydrogen) atoms. The van der Waals surface area contributed by atoms with Crippen LogP contribution < -0.4 is 14.2 Å². The summed E-state index contributed by atoms with van der Waals surface area (Å²) >= 11 is 0. The van der Waals surface area contributed by atoms with Gasteiger partial charge in [-0.2, -0.15) is 0 Å². The van der Waals surface area contributed by atoms with Crippen LogP contribution in [0.25, 0.3) is 22.3 Å². The summed E-state index contributed by atoms with van der Waals surface area (Å²) in [6, 6.07) is 11.9. The largest absolute Gasteiger partial charge is 0.492 e. The number of hydrogen-bond donors (Lipinski definition) is 1. The van der Waals surface area contributed by atoms with Gasteiger partial charge in [0.2, 0.25) is 0 Å². The molecule has 0 saturated heterocycles. The Kier molecular flexibility index (Phi) is 6.33. The fourth-order valence-electron chi connectivity index (χ4n) is 3.95. The molecule has 1 atom stereocenters. The van der Waals surface area contributed by atoms with Crippen molar-refractivity contribution in [2.45, 2.75) is 12.5 Å². The van der Waals surface area contributed by atoms with Gasteiger partial charge in [-0.3, -0.25) is 4.79 Å². The molecule has 5 rings (SSSR count). The molecule has 0 aliphatic carbocycles. The summed E-state index contributed by atoms with van der Waals surface area (Å²) in [5.74, 6) is 0.816. The Morgan fingerprint density at radius 1 is 1.20 bits per heavy atom. The molecule has 9 heteroatoms. The highest BCUT2D eigenvalue weighted by atomic mass is 19.1. The maximum atomic E-state index is 15.4. The van der Waals surface area contributed by atoms with E-state index in [4.69, 9.17) is 14.2 Å². The quantitative estimate of drug-likeness (QED) is 0.415. The lowest BCUT2D eigenvalue weighted by molar-refractivity contribution is -0.127. The summed E-state index contributed by atoms with van der Waals surface area (Å²) < 4.78 is 32.9. The van der Waals surface area contributed by atoms with Gasteiger partial charge in [0.1, 0.15) is 36.8 Å². The molecule has 1 aliphatic heterocycles. The number of ketones is 1. The first-order valence-corrected chi connectivity index (χ1v) is 11.3. The highest BCUT2D eigenvalue weighted by Crippen LogP contribution is 2.34. The maximum Gasteiger partial charge on any atom is 0.191 e. The third-order valence-electron chi connectivity index (χ3n) is 5.79. The summed E-state index contributed by atoms with van der Waals surface area (Å²) in [7, 11) is 3.87. The summed E-state index contributed by atoms with van der Waals surface area (Å²) in [6.45, 7) is 1.13. The standard InChI is InChI=1S/C26H25FN4O4/c1-31(2)9-10-33-23-13-18(25-17-7-8-28-26(17)30-15-29-25)19(27)11-16(23)12-20(32)24-14-34-21-5-3-4-6-22(21)35-24/h3-8,11,13,15,24H,9-10,12,14H2,1-2H3,(H,28,29,30). The number of para-hydroxylation sites is 2. The van der Waals surface area contributed by atoms with Gasteiger partial charge >= 0.3 is 0 Å². The van der Waals surface area contributed by atoms with Gasteiger partial charge in [-0.1, -0.05) is 12.1 Å². The Hall–Kier alpha value is -3.98. The maximum absolute atomic E-state index is 15.4. The average Bonchev–Trinajstić information content (AvgIpc) is 3.34. The molecule has 1 aliphatic rings. The second-order valence-corrected chi connectivity index (χ2v) is 8.56. The number of benzene rings is 2. The van der Waals surface area contributed by atoms with Crippen LogP contribution in [0.1, 0.15) is 5.56 Å². The van der Waals surface area contributed by atoms with Gasteiger partial charge in [-0.15, -0.1) is 0 Å². The fourth-order valence-corrected chi connectivity index (χ4v) is 3.95. The van der Waals surface area contributed by atoms with Gasteiger partial charge in [0.15, 0.2) is 23.4 Å². The summed E-state index contributed by atoms with van der Waals surface area (Å²) in [5.41, 5.74) is 1.78. The third kappa shape index (κ3) is 4.81. The average molecular weight is 477 g/mol. The minimum Gasteiger partial charge on any atom is -0.492 e. The number of nitrogens with one attached hydrogen (secondary N) is 1. The Balaban J connectivity index is 1.45. The van der Waals surface area contributed by atoms with Crippen molar-refractivity contribution in [1.82, 2.24) is 19.9 Å². The number of nitrogens with zero attached hydrogens (tertiary/aromatic N) is 3. The number of carbonyl (C=O) groups excluding carboxylic acids is 1. The molecule has 0 amide bonds. The smallest absolute Gasteiger partial charge is 0.191 e. The number of Topliss-reactive ketones (excluding diaryl/α,β-unsaturated/α-hetero) is 1. The molecule has 0 radical (unpaired) electrons. The minimum atomic E-state index is -0.788. The minimum absolute atomic E-state index is 0.0615. The van der Waals surface area contributed by atoms with Crippen LogP contribution in [0.3, 0.4) is 0 Å². The molecular formula is C26H25FN4O4. The van der Waals surface area contributed by atoms with Crippen LogP contribution in [-0.2, 0) is 11.2 Å².